The Morgan fingerprint density at radius 2 is 1.68 bits per heavy atom. The van der Waals surface area contributed by atoms with E-state index in [1.807, 2.05) is 0 Å². The maximum atomic E-state index is 13.5. The van der Waals surface area contributed by atoms with Crippen LogP contribution in [0.2, 0.25) is 5.02 Å². The lowest BCUT2D eigenvalue weighted by molar-refractivity contribution is 0.0695. The highest BCUT2D eigenvalue weighted by Gasteiger charge is 2.29. The van der Waals surface area contributed by atoms with E-state index in [0.717, 1.165) is 6.07 Å². The van der Waals surface area contributed by atoms with E-state index in [9.17, 15) is 24.2 Å². The molecule has 2 N–H and O–H groups in total. The van der Waals surface area contributed by atoms with E-state index in [2.05, 4.69) is 4.98 Å². The lowest BCUT2D eigenvalue weighted by Crippen LogP contribution is -2.11. The number of aryl methyl sites for hydroxylation is 3. The van der Waals surface area contributed by atoms with Crippen LogP contribution in [0, 0.1) is 26.6 Å². The smallest absolute Gasteiger partial charge is 0.337 e. The van der Waals surface area contributed by atoms with Gasteiger partial charge in [0.2, 0.25) is 0 Å². The Morgan fingerprint density at radius 3 is 2.18 bits per heavy atom. The molecule has 5 nitrogen and oxygen atoms in total. The minimum Gasteiger partial charge on any atom is -0.478 e. The fourth-order valence-electron chi connectivity index (χ4n) is 3.23. The van der Waals surface area contributed by atoms with Gasteiger partial charge >= 0.3 is 11.9 Å². The second-order valence-electron chi connectivity index (χ2n) is 6.25. The molecule has 3 rings (SSSR count). The molecule has 0 aliphatic rings. The summed E-state index contributed by atoms with van der Waals surface area (Å²) in [5.41, 5.74) is 1.21. The molecule has 0 bridgehead atoms. The number of carboxylic acid groups (broad SMARTS) is 2. The first kappa shape index (κ1) is 20.0. The highest BCUT2D eigenvalue weighted by Crippen LogP contribution is 2.42. The van der Waals surface area contributed by atoms with E-state index < -0.39 is 17.8 Å². The summed E-state index contributed by atoms with van der Waals surface area (Å²) in [5, 5.41) is 20.5. The summed E-state index contributed by atoms with van der Waals surface area (Å²) in [6, 6.07) is 5.10. The van der Waals surface area contributed by atoms with Gasteiger partial charge in [-0.2, -0.15) is 0 Å². The zero-order valence-electron chi connectivity index (χ0n) is 15.1. The molecular formula is C20H15ClFNO4S. The van der Waals surface area contributed by atoms with Gasteiger partial charge in [-0.1, -0.05) is 11.6 Å². The van der Waals surface area contributed by atoms with Crippen molar-refractivity contribution in [1.82, 2.24) is 4.98 Å². The minimum atomic E-state index is -1.31. The van der Waals surface area contributed by atoms with Crippen LogP contribution in [-0.2, 0) is 0 Å². The summed E-state index contributed by atoms with van der Waals surface area (Å²) in [6.07, 6.45) is 0. The zero-order chi connectivity index (χ0) is 20.7. The van der Waals surface area contributed by atoms with Gasteiger partial charge in [0.25, 0.3) is 0 Å². The second-order valence-corrected chi connectivity index (χ2v) is 7.86. The van der Waals surface area contributed by atoms with Crippen LogP contribution in [0.5, 0.6) is 0 Å². The van der Waals surface area contributed by atoms with Crippen LogP contribution in [-0.4, -0.2) is 27.1 Å². The first-order valence-corrected chi connectivity index (χ1v) is 9.35. The number of carbonyl (C=O) groups is 2. The topological polar surface area (TPSA) is 87.5 Å². The summed E-state index contributed by atoms with van der Waals surface area (Å²) < 4.78 is 13.5. The van der Waals surface area contributed by atoms with Gasteiger partial charge in [0.05, 0.1) is 31.7 Å². The van der Waals surface area contributed by atoms with Gasteiger partial charge in [-0.25, -0.2) is 19.0 Å². The molecule has 1 heterocycles. The number of carboxylic acids is 2. The second kappa shape index (κ2) is 7.33. The molecule has 0 spiro atoms. The van der Waals surface area contributed by atoms with Crippen molar-refractivity contribution in [2.24, 2.45) is 0 Å². The molecule has 8 heteroatoms. The summed E-state index contributed by atoms with van der Waals surface area (Å²) in [4.78, 5) is 29.0. The SMILES string of the molecule is Cc1nc(C)c(-c2c(C(=O)O)c(C)cc(-c3ccc(F)cc3Cl)c2C(=O)O)s1. The van der Waals surface area contributed by atoms with Crippen LogP contribution >= 0.6 is 22.9 Å². The predicted molar refractivity (Wildman–Crippen MR) is 106 cm³/mol. The molecule has 0 aliphatic heterocycles. The van der Waals surface area contributed by atoms with Gasteiger partial charge < -0.3 is 10.2 Å². The third kappa shape index (κ3) is 3.39. The Balaban J connectivity index is 2.52. The fraction of sp³-hybridized carbons (Fsp3) is 0.150. The molecule has 0 unspecified atom stereocenters. The molecule has 1 aromatic heterocycles. The van der Waals surface area contributed by atoms with Crippen molar-refractivity contribution in [1.29, 1.82) is 0 Å². The van der Waals surface area contributed by atoms with E-state index >= 15 is 0 Å². The highest BCUT2D eigenvalue weighted by molar-refractivity contribution is 7.15. The average molecular weight is 420 g/mol. The summed E-state index contributed by atoms with van der Waals surface area (Å²) in [6.45, 7) is 5.04. The molecule has 3 aromatic rings. The van der Waals surface area contributed by atoms with Crippen LogP contribution < -0.4 is 0 Å². The number of rotatable bonds is 4. The number of aromatic carboxylic acids is 2. The van der Waals surface area contributed by atoms with Gasteiger partial charge in [0.15, 0.2) is 0 Å². The van der Waals surface area contributed by atoms with Gasteiger partial charge in [-0.15, -0.1) is 11.3 Å². The monoisotopic (exact) mass is 419 g/mol. The first-order chi connectivity index (χ1) is 13.1. The van der Waals surface area contributed by atoms with E-state index in [-0.39, 0.29) is 27.3 Å². The van der Waals surface area contributed by atoms with Crippen LogP contribution in [0.3, 0.4) is 0 Å². The number of thiazole rings is 1. The standard InChI is InChI=1S/C20H15ClFNO4S/c1-8-6-13(12-5-4-11(22)7-14(12)21)16(20(26)27)17(15(8)19(24)25)18-9(2)23-10(3)28-18/h4-7H,1-3H3,(H,24,25)(H,26,27). The molecular weight excluding hydrogens is 405 g/mol. The average Bonchev–Trinajstić information content (AvgIpc) is 2.91. The number of benzene rings is 2. The molecule has 0 amide bonds. The lowest BCUT2D eigenvalue weighted by Gasteiger charge is -2.17. The summed E-state index contributed by atoms with van der Waals surface area (Å²) in [5.74, 6) is -3.10. The first-order valence-electron chi connectivity index (χ1n) is 8.15. The Hall–Kier alpha value is -2.77. The van der Waals surface area contributed by atoms with Crippen molar-refractivity contribution in [2.45, 2.75) is 20.8 Å². The molecule has 0 fully saturated rings. The highest BCUT2D eigenvalue weighted by atomic mass is 35.5. The van der Waals surface area contributed by atoms with Crippen molar-refractivity contribution in [3.63, 3.8) is 0 Å². The number of hydrogen-bond donors (Lipinski definition) is 2. The van der Waals surface area contributed by atoms with E-state index in [1.54, 1.807) is 20.8 Å². The lowest BCUT2D eigenvalue weighted by atomic mass is 9.87. The number of hydrogen-bond acceptors (Lipinski definition) is 4. The van der Waals surface area contributed by atoms with Crippen LogP contribution in [0.1, 0.15) is 37.0 Å². The molecule has 2 aromatic carbocycles. The van der Waals surface area contributed by atoms with Gasteiger partial charge in [0, 0.05) is 11.1 Å². The molecule has 0 aliphatic carbocycles. The molecule has 0 atom stereocenters. The number of nitrogens with zero attached hydrogens (tertiary/aromatic N) is 1. The molecule has 144 valence electrons. The molecule has 0 saturated carbocycles. The Morgan fingerprint density at radius 1 is 1.04 bits per heavy atom. The normalized spacial score (nSPS) is 10.9. The third-order valence-corrected chi connectivity index (χ3v) is 5.71. The zero-order valence-corrected chi connectivity index (χ0v) is 16.7. The van der Waals surface area contributed by atoms with Crippen LogP contribution in [0.25, 0.3) is 21.6 Å². The van der Waals surface area contributed by atoms with E-state index in [1.165, 1.54) is 29.5 Å². The van der Waals surface area contributed by atoms with Gasteiger partial charge in [-0.05, 0) is 56.2 Å². The Bertz CT molecular complexity index is 1140. The maximum Gasteiger partial charge on any atom is 0.337 e. The largest absolute Gasteiger partial charge is 0.478 e. The predicted octanol–water partition coefficient (Wildman–Crippen LogP) is 5.59. The molecule has 28 heavy (non-hydrogen) atoms. The van der Waals surface area contributed by atoms with Crippen molar-refractivity contribution in [3.05, 3.63) is 62.5 Å². The van der Waals surface area contributed by atoms with Gasteiger partial charge in [0.1, 0.15) is 5.82 Å². The van der Waals surface area contributed by atoms with Crippen molar-refractivity contribution < 1.29 is 24.2 Å². The summed E-state index contributed by atoms with van der Waals surface area (Å²) >= 11 is 7.39. The van der Waals surface area contributed by atoms with Crippen LogP contribution in [0.15, 0.2) is 24.3 Å². The third-order valence-electron chi connectivity index (χ3n) is 4.30. The van der Waals surface area contributed by atoms with E-state index in [4.69, 9.17) is 11.6 Å². The number of halogens is 2. The molecule has 0 saturated heterocycles. The van der Waals surface area contributed by atoms with Crippen LogP contribution in [0.4, 0.5) is 4.39 Å². The van der Waals surface area contributed by atoms with Gasteiger partial charge in [-0.3, -0.25) is 0 Å². The van der Waals surface area contributed by atoms with Crippen molar-refractivity contribution in [3.8, 4) is 21.6 Å². The Labute approximate surface area is 169 Å². The molecule has 0 radical (unpaired) electrons. The summed E-state index contributed by atoms with van der Waals surface area (Å²) in [7, 11) is 0. The maximum absolute atomic E-state index is 13.5. The van der Waals surface area contributed by atoms with Crippen molar-refractivity contribution >= 4 is 34.9 Å². The minimum absolute atomic E-state index is 0.0353. The van der Waals surface area contributed by atoms with Crippen molar-refractivity contribution in [2.75, 3.05) is 0 Å². The Kier molecular flexibility index (Phi) is 5.23. The fourth-order valence-corrected chi connectivity index (χ4v) is 4.47. The quantitative estimate of drug-likeness (QED) is 0.575. The van der Waals surface area contributed by atoms with E-state index in [0.29, 0.717) is 26.7 Å². The number of aromatic nitrogens is 1.